The van der Waals surface area contributed by atoms with Crippen LogP contribution >= 0.6 is 0 Å². The molecule has 1 rings (SSSR count). The maximum absolute atomic E-state index is 10.8. The minimum atomic E-state index is -0.321. The van der Waals surface area contributed by atoms with Crippen molar-refractivity contribution >= 4 is 6.09 Å². The predicted octanol–water partition coefficient (Wildman–Crippen LogP) is 0.437. The lowest BCUT2D eigenvalue weighted by atomic mass is 10.3. The van der Waals surface area contributed by atoms with Crippen LogP contribution in [0.1, 0.15) is 13.3 Å². The van der Waals surface area contributed by atoms with Crippen LogP contribution in [0.15, 0.2) is 0 Å². The number of hydrogen-bond donors (Lipinski definition) is 1. The molecule has 1 N–H and O–H groups in total. The Labute approximate surface area is 72.9 Å². The van der Waals surface area contributed by atoms with Crippen molar-refractivity contribution in [3.05, 3.63) is 0 Å². The number of alkyl carbamates (subject to hydrolysis) is 1. The van der Waals surface area contributed by atoms with E-state index in [0.29, 0.717) is 0 Å². The highest BCUT2D eigenvalue weighted by Gasteiger charge is 2.22. The smallest absolute Gasteiger partial charge is 0.407 e. The molecule has 0 saturated carbocycles. The van der Waals surface area contributed by atoms with Crippen molar-refractivity contribution in [2.75, 3.05) is 26.7 Å². The van der Waals surface area contributed by atoms with Gasteiger partial charge in [-0.3, -0.25) is 0 Å². The number of methoxy groups -OCH3 is 1. The number of hydrogen-bond acceptors (Lipinski definition) is 3. The van der Waals surface area contributed by atoms with Gasteiger partial charge in [0.25, 0.3) is 0 Å². The summed E-state index contributed by atoms with van der Waals surface area (Å²) in [7, 11) is 1.39. The van der Waals surface area contributed by atoms with Crippen molar-refractivity contribution in [1.82, 2.24) is 10.2 Å². The summed E-state index contributed by atoms with van der Waals surface area (Å²) in [5, 5.41) is 2.79. The second-order valence-corrected chi connectivity index (χ2v) is 3.01. The molecule has 12 heavy (non-hydrogen) atoms. The van der Waals surface area contributed by atoms with Gasteiger partial charge in [0.2, 0.25) is 0 Å². The van der Waals surface area contributed by atoms with Crippen LogP contribution in [0.5, 0.6) is 0 Å². The lowest BCUT2D eigenvalue weighted by Gasteiger charge is -2.13. The Hall–Kier alpha value is -0.770. The minimum absolute atomic E-state index is 0.275. The minimum Gasteiger partial charge on any atom is -0.453 e. The quantitative estimate of drug-likeness (QED) is 0.657. The molecule has 1 atom stereocenters. The highest BCUT2D eigenvalue weighted by molar-refractivity contribution is 5.67. The number of amides is 1. The summed E-state index contributed by atoms with van der Waals surface area (Å²) in [5.74, 6) is 0. The SMILES string of the molecule is CCN1CC[C@@H](NC(=O)OC)C1. The average Bonchev–Trinajstić information content (AvgIpc) is 2.52. The molecule has 4 nitrogen and oxygen atoms in total. The Morgan fingerprint density at radius 3 is 3.00 bits per heavy atom. The Morgan fingerprint density at radius 2 is 2.50 bits per heavy atom. The first-order valence-electron chi connectivity index (χ1n) is 4.33. The van der Waals surface area contributed by atoms with Gasteiger partial charge in [0.05, 0.1) is 7.11 Å². The van der Waals surface area contributed by atoms with Crippen molar-refractivity contribution in [1.29, 1.82) is 0 Å². The van der Waals surface area contributed by atoms with Crippen LogP contribution in [0, 0.1) is 0 Å². The molecule has 0 radical (unpaired) electrons. The summed E-state index contributed by atoms with van der Waals surface area (Å²) >= 11 is 0. The zero-order valence-corrected chi connectivity index (χ0v) is 7.67. The van der Waals surface area contributed by atoms with Crippen LogP contribution in [0.2, 0.25) is 0 Å². The summed E-state index contributed by atoms with van der Waals surface area (Å²) in [6.45, 7) is 5.20. The number of nitrogens with one attached hydrogen (secondary N) is 1. The van der Waals surface area contributed by atoms with Crippen molar-refractivity contribution in [3.8, 4) is 0 Å². The molecular formula is C8H16N2O2. The Kier molecular flexibility index (Phi) is 3.34. The molecule has 0 aliphatic carbocycles. The fraction of sp³-hybridized carbons (Fsp3) is 0.875. The summed E-state index contributed by atoms with van der Waals surface area (Å²) in [4.78, 5) is 13.1. The zero-order valence-electron chi connectivity index (χ0n) is 7.67. The van der Waals surface area contributed by atoms with Crippen molar-refractivity contribution in [3.63, 3.8) is 0 Å². The third-order valence-corrected chi connectivity index (χ3v) is 2.23. The molecule has 0 unspecified atom stereocenters. The van der Waals surface area contributed by atoms with Crippen LogP contribution in [-0.4, -0.2) is 43.8 Å². The van der Waals surface area contributed by atoms with E-state index in [0.717, 1.165) is 26.1 Å². The molecule has 1 aliphatic rings. The van der Waals surface area contributed by atoms with Crippen LogP contribution in [0.25, 0.3) is 0 Å². The van der Waals surface area contributed by atoms with Crippen molar-refractivity contribution in [2.45, 2.75) is 19.4 Å². The number of rotatable bonds is 2. The molecule has 1 amide bonds. The van der Waals surface area contributed by atoms with Gasteiger partial charge in [-0.15, -0.1) is 0 Å². The monoisotopic (exact) mass is 172 g/mol. The number of nitrogens with zero attached hydrogens (tertiary/aromatic N) is 1. The first kappa shape index (κ1) is 9.32. The van der Waals surface area contributed by atoms with Gasteiger partial charge in [0, 0.05) is 19.1 Å². The van der Waals surface area contributed by atoms with Crippen LogP contribution in [0.4, 0.5) is 4.79 Å². The van der Waals surface area contributed by atoms with Crippen molar-refractivity contribution < 1.29 is 9.53 Å². The molecule has 1 aliphatic heterocycles. The highest BCUT2D eigenvalue weighted by Crippen LogP contribution is 2.07. The fourth-order valence-corrected chi connectivity index (χ4v) is 1.46. The normalized spacial score (nSPS) is 24.0. The van der Waals surface area contributed by atoms with E-state index in [2.05, 4.69) is 21.9 Å². The number of carbonyl (C=O) groups is 1. The first-order valence-corrected chi connectivity index (χ1v) is 4.33. The topological polar surface area (TPSA) is 41.6 Å². The molecule has 1 heterocycles. The standard InChI is InChI=1S/C8H16N2O2/c1-3-10-5-4-7(6-10)9-8(11)12-2/h7H,3-6H2,1-2H3,(H,9,11)/t7-/m1/s1. The third kappa shape index (κ3) is 2.37. The lowest BCUT2D eigenvalue weighted by molar-refractivity contribution is 0.166. The molecular weight excluding hydrogens is 156 g/mol. The first-order chi connectivity index (χ1) is 5.76. The second kappa shape index (κ2) is 4.30. The number of carbonyl (C=O) groups excluding carboxylic acids is 1. The van der Waals surface area contributed by atoms with E-state index in [1.165, 1.54) is 7.11 Å². The molecule has 0 bridgehead atoms. The molecule has 0 aromatic rings. The van der Waals surface area contributed by atoms with E-state index in [4.69, 9.17) is 0 Å². The maximum Gasteiger partial charge on any atom is 0.407 e. The van der Waals surface area contributed by atoms with Gasteiger partial charge in [-0.05, 0) is 13.0 Å². The molecule has 1 saturated heterocycles. The van der Waals surface area contributed by atoms with Gasteiger partial charge >= 0.3 is 6.09 Å². The molecule has 1 fully saturated rings. The fourth-order valence-electron chi connectivity index (χ4n) is 1.46. The van der Waals surface area contributed by atoms with E-state index in [1.54, 1.807) is 0 Å². The molecule has 0 aromatic heterocycles. The lowest BCUT2D eigenvalue weighted by Crippen LogP contribution is -2.36. The van der Waals surface area contributed by atoms with Gasteiger partial charge in [0.15, 0.2) is 0 Å². The molecule has 4 heteroatoms. The van der Waals surface area contributed by atoms with Gasteiger partial charge < -0.3 is 15.0 Å². The van der Waals surface area contributed by atoms with Crippen molar-refractivity contribution in [2.24, 2.45) is 0 Å². The molecule has 70 valence electrons. The van der Waals surface area contributed by atoms with E-state index < -0.39 is 0 Å². The average molecular weight is 172 g/mol. The highest BCUT2D eigenvalue weighted by atomic mass is 16.5. The van der Waals surface area contributed by atoms with Gasteiger partial charge in [-0.2, -0.15) is 0 Å². The number of ether oxygens (including phenoxy) is 1. The van der Waals surface area contributed by atoms with Crippen LogP contribution < -0.4 is 5.32 Å². The molecule has 0 spiro atoms. The molecule has 0 aromatic carbocycles. The van der Waals surface area contributed by atoms with E-state index in [9.17, 15) is 4.79 Å². The van der Waals surface area contributed by atoms with Gasteiger partial charge in [-0.1, -0.05) is 6.92 Å². The number of likely N-dealkylation sites (N-methyl/N-ethyl adjacent to an activating group) is 1. The van der Waals surface area contributed by atoms with Crippen LogP contribution in [0.3, 0.4) is 0 Å². The predicted molar refractivity (Wildman–Crippen MR) is 46.1 cm³/mol. The van der Waals surface area contributed by atoms with Gasteiger partial charge in [0.1, 0.15) is 0 Å². The third-order valence-electron chi connectivity index (χ3n) is 2.23. The van der Waals surface area contributed by atoms with E-state index in [1.807, 2.05) is 0 Å². The Morgan fingerprint density at radius 1 is 1.75 bits per heavy atom. The summed E-state index contributed by atoms with van der Waals surface area (Å²) < 4.78 is 4.51. The Balaban J connectivity index is 2.23. The summed E-state index contributed by atoms with van der Waals surface area (Å²) in [5.41, 5.74) is 0. The van der Waals surface area contributed by atoms with E-state index in [-0.39, 0.29) is 12.1 Å². The summed E-state index contributed by atoms with van der Waals surface area (Å²) in [6.07, 6.45) is 0.709. The van der Waals surface area contributed by atoms with Gasteiger partial charge in [-0.25, -0.2) is 4.79 Å². The number of likely N-dealkylation sites (tertiary alicyclic amines) is 1. The maximum atomic E-state index is 10.8. The Bertz CT molecular complexity index is 161. The zero-order chi connectivity index (χ0) is 8.97. The second-order valence-electron chi connectivity index (χ2n) is 3.01. The largest absolute Gasteiger partial charge is 0.453 e. The van der Waals surface area contributed by atoms with Crippen LogP contribution in [-0.2, 0) is 4.74 Å². The van der Waals surface area contributed by atoms with E-state index >= 15 is 0 Å². The summed E-state index contributed by atoms with van der Waals surface area (Å²) in [6, 6.07) is 0.275.